The van der Waals surface area contributed by atoms with Crippen molar-refractivity contribution in [2.45, 2.75) is 31.8 Å². The van der Waals surface area contributed by atoms with Crippen LogP contribution in [0.3, 0.4) is 0 Å². The van der Waals surface area contributed by atoms with E-state index in [4.69, 9.17) is 5.73 Å². The van der Waals surface area contributed by atoms with Gasteiger partial charge in [0.1, 0.15) is 0 Å². The molecule has 1 heterocycles. The molecule has 1 aliphatic rings. The van der Waals surface area contributed by atoms with Gasteiger partial charge in [-0.2, -0.15) is 0 Å². The zero-order valence-corrected chi connectivity index (χ0v) is 13.2. The number of carbonyl (C=O) groups excluding carboxylic acids is 1. The van der Waals surface area contributed by atoms with Crippen molar-refractivity contribution in [2.24, 2.45) is 0 Å². The molecule has 1 saturated heterocycles. The average molecular weight is 290 g/mol. The number of hydrogen-bond donors (Lipinski definition) is 2. The SMILES string of the molecule is CC(C(=O)Nc1ccccc1N)N1CCCC(N(C)C)C1. The van der Waals surface area contributed by atoms with Crippen LogP contribution in [0.5, 0.6) is 0 Å². The number of nitrogen functional groups attached to an aromatic ring is 1. The molecule has 1 aromatic carbocycles. The van der Waals surface area contributed by atoms with Crippen LogP contribution in [0.2, 0.25) is 0 Å². The Morgan fingerprint density at radius 2 is 2.14 bits per heavy atom. The van der Waals surface area contributed by atoms with E-state index in [2.05, 4.69) is 29.2 Å². The van der Waals surface area contributed by atoms with Crippen molar-refractivity contribution < 1.29 is 4.79 Å². The maximum atomic E-state index is 12.4. The first-order chi connectivity index (χ1) is 9.99. The van der Waals surface area contributed by atoms with Gasteiger partial charge in [-0.15, -0.1) is 0 Å². The molecule has 0 saturated carbocycles. The first kappa shape index (κ1) is 15.8. The Morgan fingerprint density at radius 1 is 1.43 bits per heavy atom. The highest BCUT2D eigenvalue weighted by Crippen LogP contribution is 2.20. The lowest BCUT2D eigenvalue weighted by Crippen LogP contribution is -2.51. The number of likely N-dealkylation sites (N-methyl/N-ethyl adjacent to an activating group) is 1. The summed E-state index contributed by atoms with van der Waals surface area (Å²) in [4.78, 5) is 16.9. The second-order valence-electron chi connectivity index (χ2n) is 6.01. The molecule has 3 N–H and O–H groups in total. The smallest absolute Gasteiger partial charge is 0.241 e. The van der Waals surface area contributed by atoms with Crippen LogP contribution >= 0.6 is 0 Å². The first-order valence-electron chi connectivity index (χ1n) is 7.55. The molecule has 0 aliphatic carbocycles. The number of benzene rings is 1. The average Bonchev–Trinajstić information content (AvgIpc) is 2.49. The van der Waals surface area contributed by atoms with Gasteiger partial charge in [-0.1, -0.05) is 12.1 Å². The molecule has 1 aromatic rings. The minimum atomic E-state index is -0.146. The highest BCUT2D eigenvalue weighted by molar-refractivity contribution is 5.97. The second kappa shape index (κ2) is 6.91. The normalized spacial score (nSPS) is 21.2. The summed E-state index contributed by atoms with van der Waals surface area (Å²) in [6, 6.07) is 7.74. The Labute approximate surface area is 127 Å². The van der Waals surface area contributed by atoms with Crippen molar-refractivity contribution in [1.29, 1.82) is 0 Å². The second-order valence-corrected chi connectivity index (χ2v) is 6.01. The Bertz CT molecular complexity index is 489. The van der Waals surface area contributed by atoms with Crippen LogP contribution in [0.25, 0.3) is 0 Å². The van der Waals surface area contributed by atoms with Gasteiger partial charge in [-0.05, 0) is 52.5 Å². The van der Waals surface area contributed by atoms with Crippen LogP contribution in [0.4, 0.5) is 11.4 Å². The van der Waals surface area contributed by atoms with Crippen LogP contribution in [0.1, 0.15) is 19.8 Å². The van der Waals surface area contributed by atoms with Gasteiger partial charge in [0, 0.05) is 12.6 Å². The molecule has 2 unspecified atom stereocenters. The van der Waals surface area contributed by atoms with E-state index in [1.807, 2.05) is 25.1 Å². The number of anilines is 2. The van der Waals surface area contributed by atoms with Crippen molar-refractivity contribution in [3.8, 4) is 0 Å². The van der Waals surface area contributed by atoms with Crippen LogP contribution < -0.4 is 11.1 Å². The van der Waals surface area contributed by atoms with Crippen LogP contribution in [0.15, 0.2) is 24.3 Å². The van der Waals surface area contributed by atoms with Crippen LogP contribution in [-0.2, 0) is 4.79 Å². The van der Waals surface area contributed by atoms with Gasteiger partial charge < -0.3 is 16.0 Å². The molecular weight excluding hydrogens is 264 g/mol. The third-order valence-corrected chi connectivity index (χ3v) is 4.30. The summed E-state index contributed by atoms with van der Waals surface area (Å²) in [5.74, 6) is 0.00676. The van der Waals surface area contributed by atoms with Crippen molar-refractivity contribution in [3.63, 3.8) is 0 Å². The van der Waals surface area contributed by atoms with Gasteiger partial charge in [0.15, 0.2) is 0 Å². The monoisotopic (exact) mass is 290 g/mol. The summed E-state index contributed by atoms with van der Waals surface area (Å²) in [5.41, 5.74) is 7.16. The van der Waals surface area contributed by atoms with Crippen LogP contribution in [-0.4, -0.2) is 55.0 Å². The summed E-state index contributed by atoms with van der Waals surface area (Å²) in [6.07, 6.45) is 2.33. The molecule has 0 aromatic heterocycles. The number of nitrogens with zero attached hydrogens (tertiary/aromatic N) is 2. The van der Waals surface area contributed by atoms with E-state index in [9.17, 15) is 4.79 Å². The van der Waals surface area contributed by atoms with E-state index in [0.717, 1.165) is 19.5 Å². The number of hydrogen-bond acceptors (Lipinski definition) is 4. The number of rotatable bonds is 4. The lowest BCUT2D eigenvalue weighted by molar-refractivity contribution is -0.121. The minimum absolute atomic E-state index is 0.00676. The van der Waals surface area contributed by atoms with Gasteiger partial charge >= 0.3 is 0 Å². The van der Waals surface area contributed by atoms with Crippen molar-refractivity contribution >= 4 is 17.3 Å². The molecule has 0 spiro atoms. The number of carbonyl (C=O) groups is 1. The molecule has 1 aliphatic heterocycles. The maximum absolute atomic E-state index is 12.4. The molecule has 2 rings (SSSR count). The van der Waals surface area contributed by atoms with E-state index in [0.29, 0.717) is 17.4 Å². The van der Waals surface area contributed by atoms with Gasteiger partial charge in [-0.3, -0.25) is 9.69 Å². The van der Waals surface area contributed by atoms with Crippen LogP contribution in [0, 0.1) is 0 Å². The Morgan fingerprint density at radius 3 is 2.81 bits per heavy atom. The van der Waals surface area contributed by atoms with Gasteiger partial charge in [0.2, 0.25) is 5.91 Å². The molecule has 0 bridgehead atoms. The number of piperidine rings is 1. The summed E-state index contributed by atoms with van der Waals surface area (Å²) >= 11 is 0. The fourth-order valence-electron chi connectivity index (χ4n) is 2.77. The summed E-state index contributed by atoms with van der Waals surface area (Å²) < 4.78 is 0. The van der Waals surface area contributed by atoms with Crippen molar-refractivity contribution in [1.82, 2.24) is 9.80 Å². The topological polar surface area (TPSA) is 61.6 Å². The lowest BCUT2D eigenvalue weighted by atomic mass is 10.0. The Kier molecular flexibility index (Phi) is 5.20. The lowest BCUT2D eigenvalue weighted by Gasteiger charge is -2.38. The molecule has 21 heavy (non-hydrogen) atoms. The minimum Gasteiger partial charge on any atom is -0.397 e. The third-order valence-electron chi connectivity index (χ3n) is 4.30. The Balaban J connectivity index is 1.97. The highest BCUT2D eigenvalue weighted by Gasteiger charge is 2.28. The molecule has 116 valence electrons. The van der Waals surface area contributed by atoms with Gasteiger partial charge in [-0.25, -0.2) is 0 Å². The fourth-order valence-corrected chi connectivity index (χ4v) is 2.77. The number of nitrogens with one attached hydrogen (secondary N) is 1. The standard InChI is InChI=1S/C16H26N4O/c1-12(20-10-6-7-13(11-20)19(2)3)16(21)18-15-9-5-4-8-14(15)17/h4-5,8-9,12-13H,6-7,10-11,17H2,1-3H3,(H,18,21). The maximum Gasteiger partial charge on any atom is 0.241 e. The molecule has 0 radical (unpaired) electrons. The molecular formula is C16H26N4O. The van der Waals surface area contributed by atoms with E-state index in [-0.39, 0.29) is 11.9 Å². The third kappa shape index (κ3) is 3.95. The van der Waals surface area contributed by atoms with E-state index >= 15 is 0 Å². The number of para-hydroxylation sites is 2. The fraction of sp³-hybridized carbons (Fsp3) is 0.562. The van der Waals surface area contributed by atoms with E-state index in [1.54, 1.807) is 6.07 Å². The molecule has 1 amide bonds. The summed E-state index contributed by atoms with van der Waals surface area (Å²) in [5, 5.41) is 2.93. The predicted molar refractivity (Wildman–Crippen MR) is 87.2 cm³/mol. The quantitative estimate of drug-likeness (QED) is 0.827. The van der Waals surface area contributed by atoms with Gasteiger partial charge in [0.05, 0.1) is 17.4 Å². The summed E-state index contributed by atoms with van der Waals surface area (Å²) in [6.45, 7) is 3.88. The van der Waals surface area contributed by atoms with Gasteiger partial charge in [0.25, 0.3) is 0 Å². The van der Waals surface area contributed by atoms with Crippen molar-refractivity contribution in [2.75, 3.05) is 38.2 Å². The number of nitrogens with two attached hydrogens (primary N) is 1. The number of amides is 1. The predicted octanol–water partition coefficient (Wildman–Crippen LogP) is 1.62. The molecule has 5 nitrogen and oxygen atoms in total. The first-order valence-corrected chi connectivity index (χ1v) is 7.55. The zero-order chi connectivity index (χ0) is 15.4. The molecule has 1 fully saturated rings. The van der Waals surface area contributed by atoms with E-state index < -0.39 is 0 Å². The largest absolute Gasteiger partial charge is 0.397 e. The molecule has 2 atom stereocenters. The highest BCUT2D eigenvalue weighted by atomic mass is 16.2. The van der Waals surface area contributed by atoms with Crippen molar-refractivity contribution in [3.05, 3.63) is 24.3 Å². The van der Waals surface area contributed by atoms with E-state index in [1.165, 1.54) is 6.42 Å². The molecule has 5 heteroatoms. The zero-order valence-electron chi connectivity index (χ0n) is 13.2. The summed E-state index contributed by atoms with van der Waals surface area (Å²) in [7, 11) is 4.20. The Hall–Kier alpha value is -1.59. The number of likely N-dealkylation sites (tertiary alicyclic amines) is 1.